The zero-order valence-corrected chi connectivity index (χ0v) is 13.7. The van der Waals surface area contributed by atoms with Gasteiger partial charge in [-0.15, -0.1) is 0 Å². The van der Waals surface area contributed by atoms with Crippen molar-refractivity contribution in [3.8, 4) is 17.4 Å². The maximum Gasteiger partial charge on any atom is 0.312 e. The van der Waals surface area contributed by atoms with Gasteiger partial charge in [0.15, 0.2) is 10.8 Å². The molecule has 4 aromatic rings. The lowest BCUT2D eigenvalue weighted by Gasteiger charge is -2.01. The Bertz CT molecular complexity index is 1080. The molecule has 0 bridgehead atoms. The predicted octanol–water partition coefficient (Wildman–Crippen LogP) is 5.00. The molecule has 2 aromatic heterocycles. The molecule has 0 spiro atoms. The lowest BCUT2D eigenvalue weighted by Crippen LogP contribution is -1.84. The molecule has 0 fully saturated rings. The van der Waals surface area contributed by atoms with Crippen LogP contribution in [0, 0.1) is 0 Å². The highest BCUT2D eigenvalue weighted by atomic mass is 35.5. The largest absolute Gasteiger partial charge is 0.479 e. The van der Waals surface area contributed by atoms with Crippen molar-refractivity contribution in [2.24, 2.45) is 4.99 Å². The number of oxazole rings is 1. The fraction of sp³-hybridized carbons (Fsp3) is 0. The molecule has 6 heteroatoms. The van der Waals surface area contributed by atoms with E-state index >= 15 is 0 Å². The summed E-state index contributed by atoms with van der Waals surface area (Å²) >= 11 is 5.97. The van der Waals surface area contributed by atoms with E-state index in [2.05, 4.69) is 15.0 Å². The van der Waals surface area contributed by atoms with E-state index in [1.165, 1.54) is 6.21 Å². The molecule has 0 amide bonds. The van der Waals surface area contributed by atoms with Gasteiger partial charge in [0.05, 0.1) is 6.21 Å². The van der Waals surface area contributed by atoms with Crippen LogP contribution in [0.25, 0.3) is 22.2 Å². The summed E-state index contributed by atoms with van der Waals surface area (Å²) in [6.45, 7) is 0. The highest BCUT2D eigenvalue weighted by Crippen LogP contribution is 2.31. The molecule has 1 N–H and O–H groups in total. The zero-order valence-electron chi connectivity index (χ0n) is 12.9. The first-order valence-electron chi connectivity index (χ1n) is 7.55. The molecule has 25 heavy (non-hydrogen) atoms. The number of rotatable bonds is 3. The SMILES string of the molecule is Oc1oc(-c2cccc3ccccc23)nc1C=Nc1cccnc1Cl. The number of aromatic hydroxyl groups is 1. The van der Waals surface area contributed by atoms with Crippen LogP contribution in [0.3, 0.4) is 0 Å². The van der Waals surface area contributed by atoms with Crippen LogP contribution in [-0.2, 0) is 0 Å². The quantitative estimate of drug-likeness (QED) is 0.417. The van der Waals surface area contributed by atoms with Gasteiger partial charge in [0, 0.05) is 11.8 Å². The van der Waals surface area contributed by atoms with Crippen molar-refractivity contribution in [1.29, 1.82) is 0 Å². The van der Waals surface area contributed by atoms with E-state index in [-0.39, 0.29) is 16.8 Å². The van der Waals surface area contributed by atoms with Crippen LogP contribution in [0.15, 0.2) is 70.2 Å². The number of hydrogen-bond donors (Lipinski definition) is 1. The summed E-state index contributed by atoms with van der Waals surface area (Å²) in [6, 6.07) is 17.2. The van der Waals surface area contributed by atoms with Gasteiger partial charge in [0.25, 0.3) is 0 Å². The van der Waals surface area contributed by atoms with Gasteiger partial charge in [0.1, 0.15) is 5.69 Å². The fourth-order valence-corrected chi connectivity index (χ4v) is 2.71. The molecule has 122 valence electrons. The summed E-state index contributed by atoms with van der Waals surface area (Å²) in [7, 11) is 0. The Labute approximate surface area is 148 Å². The van der Waals surface area contributed by atoms with Crippen LogP contribution in [0.1, 0.15) is 5.69 Å². The van der Waals surface area contributed by atoms with Gasteiger partial charge in [0.2, 0.25) is 5.89 Å². The number of fused-ring (bicyclic) bond motifs is 1. The van der Waals surface area contributed by atoms with Gasteiger partial charge in [-0.25, -0.2) is 9.97 Å². The smallest absolute Gasteiger partial charge is 0.312 e. The number of nitrogens with zero attached hydrogens (tertiary/aromatic N) is 3. The molecule has 0 aliphatic rings. The summed E-state index contributed by atoms with van der Waals surface area (Å²) < 4.78 is 5.43. The van der Waals surface area contributed by atoms with Crippen molar-refractivity contribution in [3.63, 3.8) is 0 Å². The average molecular weight is 350 g/mol. The second-order valence-corrected chi connectivity index (χ2v) is 5.67. The topological polar surface area (TPSA) is 71.5 Å². The number of aliphatic imine (C=N–C) groups is 1. The summed E-state index contributed by atoms with van der Waals surface area (Å²) in [5.41, 5.74) is 1.51. The Balaban J connectivity index is 1.74. The highest BCUT2D eigenvalue weighted by Gasteiger charge is 2.14. The first kappa shape index (κ1) is 15.4. The Kier molecular flexibility index (Phi) is 3.91. The third-order valence-corrected chi connectivity index (χ3v) is 4.01. The summed E-state index contributed by atoms with van der Waals surface area (Å²) in [5, 5.41) is 12.4. The molecule has 0 atom stereocenters. The van der Waals surface area contributed by atoms with Crippen molar-refractivity contribution in [2.75, 3.05) is 0 Å². The normalized spacial score (nSPS) is 11.4. The molecule has 2 heterocycles. The number of aromatic nitrogens is 2. The molecule has 4 rings (SSSR count). The number of pyridine rings is 1. The highest BCUT2D eigenvalue weighted by molar-refractivity contribution is 6.31. The molecule has 2 aromatic carbocycles. The van der Waals surface area contributed by atoms with E-state index in [1.807, 2.05) is 42.5 Å². The van der Waals surface area contributed by atoms with E-state index in [1.54, 1.807) is 18.3 Å². The van der Waals surface area contributed by atoms with Gasteiger partial charge >= 0.3 is 5.95 Å². The summed E-state index contributed by atoms with van der Waals surface area (Å²) in [5.74, 6) is 0.0275. The van der Waals surface area contributed by atoms with Gasteiger partial charge in [-0.05, 0) is 29.0 Å². The second-order valence-electron chi connectivity index (χ2n) is 5.31. The Morgan fingerprint density at radius 1 is 1.04 bits per heavy atom. The monoisotopic (exact) mass is 349 g/mol. The van der Waals surface area contributed by atoms with E-state index in [4.69, 9.17) is 16.0 Å². The van der Waals surface area contributed by atoms with E-state index in [0.717, 1.165) is 16.3 Å². The minimum atomic E-state index is -0.299. The minimum absolute atomic E-state index is 0.225. The average Bonchev–Trinajstić information content (AvgIpc) is 3.01. The van der Waals surface area contributed by atoms with Crippen molar-refractivity contribution < 1.29 is 9.52 Å². The maximum absolute atomic E-state index is 10.0. The predicted molar refractivity (Wildman–Crippen MR) is 97.6 cm³/mol. The van der Waals surface area contributed by atoms with E-state index in [9.17, 15) is 5.11 Å². The van der Waals surface area contributed by atoms with E-state index in [0.29, 0.717) is 11.6 Å². The Morgan fingerprint density at radius 3 is 2.76 bits per heavy atom. The van der Waals surface area contributed by atoms with Crippen molar-refractivity contribution in [3.05, 3.63) is 71.6 Å². The molecule has 0 saturated heterocycles. The van der Waals surface area contributed by atoms with Crippen molar-refractivity contribution >= 4 is 34.3 Å². The van der Waals surface area contributed by atoms with Crippen LogP contribution >= 0.6 is 11.6 Å². The number of halogens is 1. The van der Waals surface area contributed by atoms with Crippen molar-refractivity contribution in [1.82, 2.24) is 9.97 Å². The Hall–Kier alpha value is -3.18. The zero-order chi connectivity index (χ0) is 17.2. The van der Waals surface area contributed by atoms with Crippen LogP contribution in [0.2, 0.25) is 5.15 Å². The molecular formula is C19H12ClN3O2. The number of benzene rings is 2. The molecule has 0 aliphatic carbocycles. The maximum atomic E-state index is 10.0. The van der Waals surface area contributed by atoms with Crippen LogP contribution in [0.5, 0.6) is 5.95 Å². The van der Waals surface area contributed by atoms with Crippen LogP contribution in [0.4, 0.5) is 5.69 Å². The summed E-state index contributed by atoms with van der Waals surface area (Å²) in [6.07, 6.45) is 2.98. The second kappa shape index (κ2) is 6.37. The van der Waals surface area contributed by atoms with Gasteiger partial charge in [-0.2, -0.15) is 0 Å². The van der Waals surface area contributed by atoms with Gasteiger partial charge < -0.3 is 9.52 Å². The Morgan fingerprint density at radius 2 is 1.88 bits per heavy atom. The number of hydrogen-bond acceptors (Lipinski definition) is 5. The molecule has 0 unspecified atom stereocenters. The van der Waals surface area contributed by atoms with Gasteiger partial charge in [-0.1, -0.05) is 48.0 Å². The lowest BCUT2D eigenvalue weighted by atomic mass is 10.0. The third kappa shape index (κ3) is 2.97. The van der Waals surface area contributed by atoms with Gasteiger partial charge in [-0.3, -0.25) is 4.99 Å². The first-order chi connectivity index (χ1) is 12.2. The van der Waals surface area contributed by atoms with Crippen LogP contribution < -0.4 is 0 Å². The molecule has 0 aliphatic heterocycles. The summed E-state index contributed by atoms with van der Waals surface area (Å²) in [4.78, 5) is 12.5. The first-order valence-corrected chi connectivity index (χ1v) is 7.93. The minimum Gasteiger partial charge on any atom is -0.479 e. The van der Waals surface area contributed by atoms with E-state index < -0.39 is 0 Å². The van der Waals surface area contributed by atoms with Crippen molar-refractivity contribution in [2.45, 2.75) is 0 Å². The molecule has 5 nitrogen and oxygen atoms in total. The standard InChI is InChI=1S/C19H12ClN3O2/c20-17-15(9-4-10-21-17)22-11-16-19(24)25-18(23-16)14-8-3-6-12-5-1-2-7-13(12)14/h1-11,24H. The molecule has 0 radical (unpaired) electrons. The molecule has 0 saturated carbocycles. The fourth-order valence-electron chi connectivity index (χ4n) is 2.54. The third-order valence-electron chi connectivity index (χ3n) is 3.72. The van der Waals surface area contributed by atoms with Crippen LogP contribution in [-0.4, -0.2) is 21.3 Å². The molecular weight excluding hydrogens is 338 g/mol. The lowest BCUT2D eigenvalue weighted by molar-refractivity contribution is 0.337.